The van der Waals surface area contributed by atoms with Gasteiger partial charge in [-0.3, -0.25) is 9.59 Å². The van der Waals surface area contributed by atoms with Crippen LogP contribution in [-0.4, -0.2) is 29.9 Å². The predicted octanol–water partition coefficient (Wildman–Crippen LogP) is 2.52. The Balaban J connectivity index is 1.83. The Morgan fingerprint density at radius 2 is 2.18 bits per heavy atom. The van der Waals surface area contributed by atoms with Crippen molar-refractivity contribution in [3.05, 3.63) is 30.0 Å². The molecule has 22 heavy (non-hydrogen) atoms. The van der Waals surface area contributed by atoms with Gasteiger partial charge >= 0.3 is 0 Å². The van der Waals surface area contributed by atoms with E-state index in [1.807, 2.05) is 22.8 Å². The lowest BCUT2D eigenvalue weighted by molar-refractivity contribution is -0.122. The summed E-state index contributed by atoms with van der Waals surface area (Å²) < 4.78 is 7.02. The summed E-state index contributed by atoms with van der Waals surface area (Å²) in [7, 11) is 1.59. The van der Waals surface area contributed by atoms with E-state index in [0.29, 0.717) is 17.4 Å². The van der Waals surface area contributed by atoms with Gasteiger partial charge < -0.3 is 14.6 Å². The molecule has 1 aliphatic rings. The number of amides is 1. The van der Waals surface area contributed by atoms with Gasteiger partial charge in [-0.1, -0.05) is 12.8 Å². The number of nitrogens with one attached hydrogen (secondary N) is 1. The second kappa shape index (κ2) is 6.22. The average molecular weight is 300 g/mol. The molecule has 1 amide bonds. The zero-order valence-corrected chi connectivity index (χ0v) is 12.7. The largest absolute Gasteiger partial charge is 0.497 e. The Morgan fingerprint density at radius 1 is 1.41 bits per heavy atom. The lowest BCUT2D eigenvalue weighted by atomic mass is 10.2. The Labute approximate surface area is 129 Å². The quantitative estimate of drug-likeness (QED) is 0.863. The Bertz CT molecular complexity index is 699. The highest BCUT2D eigenvalue weighted by atomic mass is 16.5. The summed E-state index contributed by atoms with van der Waals surface area (Å²) in [5, 5.41) is 3.88. The van der Waals surface area contributed by atoms with Crippen molar-refractivity contribution in [3.63, 3.8) is 0 Å². The minimum Gasteiger partial charge on any atom is -0.497 e. The first-order valence-corrected chi connectivity index (χ1v) is 7.62. The maximum absolute atomic E-state index is 12.2. The molecule has 3 rings (SSSR count). The maximum Gasteiger partial charge on any atom is 0.240 e. The monoisotopic (exact) mass is 300 g/mol. The first-order chi connectivity index (χ1) is 10.7. The fraction of sp³-hybridized carbons (Fsp3) is 0.412. The summed E-state index contributed by atoms with van der Waals surface area (Å²) in [4.78, 5) is 23.4. The van der Waals surface area contributed by atoms with Gasteiger partial charge in [0, 0.05) is 28.7 Å². The Kier molecular flexibility index (Phi) is 4.13. The third-order valence-corrected chi connectivity index (χ3v) is 4.28. The highest BCUT2D eigenvalue weighted by molar-refractivity contribution is 5.98. The van der Waals surface area contributed by atoms with E-state index in [2.05, 4.69) is 5.32 Å². The van der Waals surface area contributed by atoms with Gasteiger partial charge in [0.2, 0.25) is 5.91 Å². The molecule has 0 atom stereocenters. The lowest BCUT2D eigenvalue weighted by Crippen LogP contribution is -2.35. The minimum absolute atomic E-state index is 0.00272. The second-order valence-electron chi connectivity index (χ2n) is 5.76. The number of aldehydes is 1. The highest BCUT2D eigenvalue weighted by Gasteiger charge is 2.18. The number of nitrogens with zero attached hydrogens (tertiary/aromatic N) is 1. The standard InChI is InChI=1S/C17H20N2O3/c1-22-14-6-7-16-15(8-14)12(11-20)9-19(16)10-17(21)18-13-4-2-3-5-13/h6-9,11,13H,2-5,10H2,1H3,(H,18,21). The number of benzene rings is 1. The third kappa shape index (κ3) is 2.84. The van der Waals surface area contributed by atoms with Crippen LogP contribution in [0, 0.1) is 0 Å². The van der Waals surface area contributed by atoms with Crippen LogP contribution in [0.3, 0.4) is 0 Å². The summed E-state index contributed by atoms with van der Waals surface area (Å²) in [5.74, 6) is 0.695. The molecule has 1 fully saturated rings. The number of hydrogen-bond acceptors (Lipinski definition) is 3. The van der Waals surface area contributed by atoms with Crippen molar-refractivity contribution in [3.8, 4) is 5.75 Å². The van der Waals surface area contributed by atoms with Crippen LogP contribution < -0.4 is 10.1 Å². The normalized spacial score (nSPS) is 15.1. The van der Waals surface area contributed by atoms with Crippen molar-refractivity contribution in [1.29, 1.82) is 0 Å². The van der Waals surface area contributed by atoms with E-state index in [4.69, 9.17) is 4.74 Å². The lowest BCUT2D eigenvalue weighted by Gasteiger charge is -2.12. The minimum atomic E-state index is -0.00272. The number of hydrogen-bond donors (Lipinski definition) is 1. The van der Waals surface area contributed by atoms with E-state index < -0.39 is 0 Å². The molecule has 0 saturated heterocycles. The molecule has 1 N–H and O–H groups in total. The molecule has 0 aliphatic heterocycles. The topological polar surface area (TPSA) is 60.3 Å². The van der Waals surface area contributed by atoms with E-state index in [-0.39, 0.29) is 12.5 Å². The second-order valence-corrected chi connectivity index (χ2v) is 5.76. The number of ether oxygens (including phenoxy) is 1. The fourth-order valence-corrected chi connectivity index (χ4v) is 3.15. The maximum atomic E-state index is 12.2. The summed E-state index contributed by atoms with van der Waals surface area (Å²) in [6.07, 6.45) is 7.04. The van der Waals surface area contributed by atoms with Crippen LogP contribution in [0.2, 0.25) is 0 Å². The van der Waals surface area contributed by atoms with E-state index in [0.717, 1.165) is 30.0 Å². The van der Waals surface area contributed by atoms with Gasteiger partial charge in [0.05, 0.1) is 7.11 Å². The predicted molar refractivity (Wildman–Crippen MR) is 84.3 cm³/mol. The summed E-state index contributed by atoms with van der Waals surface area (Å²) >= 11 is 0. The van der Waals surface area contributed by atoms with Crippen LogP contribution in [0.4, 0.5) is 0 Å². The summed E-state index contributed by atoms with van der Waals surface area (Å²) in [5.41, 5.74) is 1.44. The molecule has 5 nitrogen and oxygen atoms in total. The summed E-state index contributed by atoms with van der Waals surface area (Å²) in [6, 6.07) is 5.84. The zero-order chi connectivity index (χ0) is 15.5. The molecular weight excluding hydrogens is 280 g/mol. The molecule has 5 heteroatoms. The third-order valence-electron chi connectivity index (χ3n) is 4.28. The smallest absolute Gasteiger partial charge is 0.240 e. The van der Waals surface area contributed by atoms with E-state index in [1.54, 1.807) is 13.3 Å². The number of carbonyl (C=O) groups excluding carboxylic acids is 2. The van der Waals surface area contributed by atoms with Crippen LogP contribution in [0.15, 0.2) is 24.4 Å². The number of aromatic nitrogens is 1. The molecule has 1 heterocycles. The molecule has 0 spiro atoms. The van der Waals surface area contributed by atoms with Crippen LogP contribution in [0.25, 0.3) is 10.9 Å². The van der Waals surface area contributed by atoms with Crippen LogP contribution in [0.5, 0.6) is 5.75 Å². The zero-order valence-electron chi connectivity index (χ0n) is 12.7. The molecule has 0 radical (unpaired) electrons. The first-order valence-electron chi connectivity index (χ1n) is 7.62. The molecule has 0 bridgehead atoms. The van der Waals surface area contributed by atoms with Crippen LogP contribution >= 0.6 is 0 Å². The van der Waals surface area contributed by atoms with Gasteiger partial charge in [-0.15, -0.1) is 0 Å². The number of methoxy groups -OCH3 is 1. The number of fused-ring (bicyclic) bond motifs is 1. The van der Waals surface area contributed by atoms with Crippen molar-refractivity contribution < 1.29 is 14.3 Å². The SMILES string of the molecule is COc1ccc2c(c1)c(C=O)cn2CC(=O)NC1CCCC1. The number of carbonyl (C=O) groups is 2. The number of rotatable bonds is 5. The van der Waals surface area contributed by atoms with Gasteiger partial charge in [0.25, 0.3) is 0 Å². The molecule has 1 saturated carbocycles. The van der Waals surface area contributed by atoms with E-state index >= 15 is 0 Å². The first kappa shape index (κ1) is 14.6. The van der Waals surface area contributed by atoms with Crippen molar-refractivity contribution in [1.82, 2.24) is 9.88 Å². The van der Waals surface area contributed by atoms with Crippen LogP contribution in [-0.2, 0) is 11.3 Å². The van der Waals surface area contributed by atoms with Gasteiger partial charge in [-0.25, -0.2) is 0 Å². The van der Waals surface area contributed by atoms with Gasteiger partial charge in [-0.05, 0) is 31.0 Å². The van der Waals surface area contributed by atoms with Gasteiger partial charge in [0.15, 0.2) is 6.29 Å². The Morgan fingerprint density at radius 3 is 2.86 bits per heavy atom. The molecular formula is C17H20N2O3. The van der Waals surface area contributed by atoms with Gasteiger partial charge in [-0.2, -0.15) is 0 Å². The fourth-order valence-electron chi connectivity index (χ4n) is 3.15. The molecule has 116 valence electrons. The molecule has 0 unspecified atom stereocenters. The molecule has 1 aliphatic carbocycles. The van der Waals surface area contributed by atoms with Gasteiger partial charge in [0.1, 0.15) is 12.3 Å². The van der Waals surface area contributed by atoms with Crippen molar-refractivity contribution in [2.45, 2.75) is 38.3 Å². The highest BCUT2D eigenvalue weighted by Crippen LogP contribution is 2.25. The molecule has 1 aromatic heterocycles. The molecule has 1 aromatic carbocycles. The average Bonchev–Trinajstić information content (AvgIpc) is 3.14. The Hall–Kier alpha value is -2.30. The summed E-state index contributed by atoms with van der Waals surface area (Å²) in [6.45, 7) is 0.229. The van der Waals surface area contributed by atoms with Crippen molar-refractivity contribution >= 4 is 23.1 Å². The van der Waals surface area contributed by atoms with E-state index in [1.165, 1.54) is 12.8 Å². The van der Waals surface area contributed by atoms with Crippen molar-refractivity contribution in [2.24, 2.45) is 0 Å². The molecule has 2 aromatic rings. The van der Waals surface area contributed by atoms with E-state index in [9.17, 15) is 9.59 Å². The van der Waals surface area contributed by atoms with Crippen LogP contribution in [0.1, 0.15) is 36.0 Å². The van der Waals surface area contributed by atoms with Crippen molar-refractivity contribution in [2.75, 3.05) is 7.11 Å².